The fourth-order valence-corrected chi connectivity index (χ4v) is 12.5. The second kappa shape index (κ2) is 12.0. The van der Waals surface area contributed by atoms with Crippen molar-refractivity contribution in [3.05, 3.63) is 47.7 Å². The minimum absolute atomic E-state index is 0.0211. The molecule has 11 rings (SSSR count). The molecule has 7 fully saturated rings. The van der Waals surface area contributed by atoms with Crippen LogP contribution in [0.2, 0.25) is 0 Å². The lowest BCUT2D eigenvalue weighted by Crippen LogP contribution is -2.59. The molecule has 7 aliphatic rings. The molecular weight excluding hydrogens is 707 g/mol. The SMILES string of the molecule is C#Cc1c(F)ccc2cc(OC(=O)C34CC5CC6CC(C3)C65C4)cc(-c3ncc4c(N5CCCOCC5)nc(OC[C@@]56CCCN5C[C@H](F)C6)nc4c3F)c12. The Balaban J connectivity index is 1.02. The first-order valence-electron chi connectivity index (χ1n) is 19.9. The van der Waals surface area contributed by atoms with Crippen LogP contribution in [-0.4, -0.2) is 83.5 Å². The van der Waals surface area contributed by atoms with Crippen molar-refractivity contribution < 1.29 is 32.2 Å². The number of esters is 1. The summed E-state index contributed by atoms with van der Waals surface area (Å²) in [6.45, 7) is 3.54. The molecule has 1 spiro atoms. The predicted octanol–water partition coefficient (Wildman–Crippen LogP) is 7.02. The van der Waals surface area contributed by atoms with Crippen LogP contribution in [0.1, 0.15) is 63.4 Å². The van der Waals surface area contributed by atoms with Crippen LogP contribution in [0.4, 0.5) is 19.0 Å². The van der Waals surface area contributed by atoms with Crippen LogP contribution in [0.25, 0.3) is 32.9 Å². The maximum Gasteiger partial charge on any atom is 0.319 e. The normalized spacial score (nSPS) is 33.2. The van der Waals surface area contributed by atoms with Crippen LogP contribution in [0.3, 0.4) is 0 Å². The van der Waals surface area contributed by atoms with Crippen LogP contribution in [0.15, 0.2) is 30.5 Å². The van der Waals surface area contributed by atoms with E-state index in [1.807, 2.05) is 4.90 Å². The molecule has 0 amide bonds. The third kappa shape index (κ3) is 4.81. The number of terminal acetylenes is 1. The summed E-state index contributed by atoms with van der Waals surface area (Å²) >= 11 is 0. The molecule has 3 saturated heterocycles. The molecule has 2 aromatic carbocycles. The number of pyridine rings is 1. The van der Waals surface area contributed by atoms with E-state index in [1.54, 1.807) is 18.2 Å². The van der Waals surface area contributed by atoms with E-state index < -0.39 is 28.8 Å². The van der Waals surface area contributed by atoms with Crippen molar-refractivity contribution in [2.45, 2.75) is 69.5 Å². The Labute approximate surface area is 316 Å². The van der Waals surface area contributed by atoms with Crippen molar-refractivity contribution in [3.63, 3.8) is 0 Å². The van der Waals surface area contributed by atoms with Gasteiger partial charge in [-0.3, -0.25) is 14.7 Å². The van der Waals surface area contributed by atoms with Crippen LogP contribution < -0.4 is 14.4 Å². The molecule has 4 saturated carbocycles. The first-order valence-corrected chi connectivity index (χ1v) is 19.9. The Hall–Kier alpha value is -4.47. The Morgan fingerprint density at radius 1 is 1.04 bits per heavy atom. The number of benzene rings is 2. The van der Waals surface area contributed by atoms with Gasteiger partial charge < -0.3 is 19.1 Å². The zero-order chi connectivity index (χ0) is 37.3. The molecular formula is C43H42F3N5O4. The van der Waals surface area contributed by atoms with Crippen LogP contribution in [-0.2, 0) is 9.53 Å². The minimum atomic E-state index is -0.934. The van der Waals surface area contributed by atoms with E-state index >= 15 is 8.78 Å². The number of ether oxygens (including phenoxy) is 3. The molecule has 4 aliphatic carbocycles. The van der Waals surface area contributed by atoms with Gasteiger partial charge in [-0.05, 0) is 105 Å². The number of alkyl halides is 1. The highest BCUT2D eigenvalue weighted by atomic mass is 19.1. The smallest absolute Gasteiger partial charge is 0.319 e. The van der Waals surface area contributed by atoms with Gasteiger partial charge in [0.25, 0.3) is 0 Å². The Morgan fingerprint density at radius 3 is 2.69 bits per heavy atom. The number of anilines is 1. The third-order valence-corrected chi connectivity index (χ3v) is 14.8. The summed E-state index contributed by atoms with van der Waals surface area (Å²) in [5, 5.41) is 1.15. The highest BCUT2D eigenvalue weighted by Gasteiger charge is 2.79. The number of halogens is 3. The largest absolute Gasteiger partial charge is 0.461 e. The van der Waals surface area contributed by atoms with Crippen molar-refractivity contribution in [2.24, 2.45) is 28.6 Å². The maximum absolute atomic E-state index is 17.4. The average molecular weight is 750 g/mol. The Bertz CT molecular complexity index is 2330. The first-order chi connectivity index (χ1) is 26.7. The highest BCUT2D eigenvalue weighted by molar-refractivity contribution is 6.03. The molecule has 2 aromatic heterocycles. The van der Waals surface area contributed by atoms with Gasteiger partial charge in [-0.25, -0.2) is 13.2 Å². The number of hydrogen-bond acceptors (Lipinski definition) is 9. The second-order valence-corrected chi connectivity index (χ2v) is 17.4. The summed E-state index contributed by atoms with van der Waals surface area (Å²) in [6, 6.07) is 6.03. The van der Waals surface area contributed by atoms with Crippen molar-refractivity contribution in [3.8, 4) is 35.4 Å². The topological polar surface area (TPSA) is 89.9 Å². The summed E-state index contributed by atoms with van der Waals surface area (Å²) in [5.41, 5.74) is -0.646. The molecule has 284 valence electrons. The molecule has 3 aliphatic heterocycles. The summed E-state index contributed by atoms with van der Waals surface area (Å²) in [4.78, 5) is 32.3. The van der Waals surface area contributed by atoms with E-state index in [1.165, 1.54) is 25.1 Å². The number of rotatable bonds is 7. The van der Waals surface area contributed by atoms with Gasteiger partial charge in [0.1, 0.15) is 41.4 Å². The van der Waals surface area contributed by atoms with Gasteiger partial charge in [0.05, 0.1) is 28.5 Å². The summed E-state index contributed by atoms with van der Waals surface area (Å²) in [7, 11) is 0. The van der Waals surface area contributed by atoms with Gasteiger partial charge >= 0.3 is 12.0 Å². The van der Waals surface area contributed by atoms with Crippen LogP contribution >= 0.6 is 0 Å². The molecule has 4 aromatic rings. The van der Waals surface area contributed by atoms with Crippen molar-refractivity contribution in [1.29, 1.82) is 0 Å². The highest BCUT2D eigenvalue weighted by Crippen LogP contribution is 2.84. The van der Waals surface area contributed by atoms with Gasteiger partial charge in [-0.15, -0.1) is 6.42 Å². The van der Waals surface area contributed by atoms with Crippen LogP contribution in [0, 0.1) is 52.6 Å². The number of nitrogens with zero attached hydrogens (tertiary/aromatic N) is 5. The third-order valence-electron chi connectivity index (χ3n) is 14.8. The first kappa shape index (κ1) is 33.8. The zero-order valence-corrected chi connectivity index (χ0v) is 30.6. The van der Waals surface area contributed by atoms with E-state index in [0.717, 1.165) is 51.0 Å². The number of carbonyl (C=O) groups excluding carboxylic acids is 1. The van der Waals surface area contributed by atoms with Crippen molar-refractivity contribution >= 4 is 33.5 Å². The molecule has 5 heterocycles. The predicted molar refractivity (Wildman–Crippen MR) is 198 cm³/mol. The molecule has 0 N–H and O–H groups in total. The lowest BCUT2D eigenvalue weighted by Gasteiger charge is -2.66. The number of fused-ring (bicyclic) bond motifs is 4. The van der Waals surface area contributed by atoms with Gasteiger partial charge in [0.2, 0.25) is 0 Å². The van der Waals surface area contributed by atoms with E-state index in [-0.39, 0.29) is 52.1 Å². The van der Waals surface area contributed by atoms with E-state index in [0.29, 0.717) is 73.1 Å². The van der Waals surface area contributed by atoms with Gasteiger partial charge in [-0.2, -0.15) is 9.97 Å². The molecule has 2 bridgehead atoms. The maximum atomic E-state index is 17.4. The second-order valence-electron chi connectivity index (χ2n) is 17.4. The number of aromatic nitrogens is 3. The summed E-state index contributed by atoms with van der Waals surface area (Å²) in [5.74, 6) is 3.43. The van der Waals surface area contributed by atoms with E-state index in [9.17, 15) is 9.18 Å². The molecule has 12 heteroatoms. The van der Waals surface area contributed by atoms with Gasteiger partial charge in [-0.1, -0.05) is 12.0 Å². The van der Waals surface area contributed by atoms with Gasteiger partial charge in [0.15, 0.2) is 5.82 Å². The summed E-state index contributed by atoms with van der Waals surface area (Å²) < 4.78 is 65.6. The van der Waals surface area contributed by atoms with E-state index in [4.69, 9.17) is 25.6 Å². The van der Waals surface area contributed by atoms with Crippen LogP contribution in [0.5, 0.6) is 11.8 Å². The Kier molecular flexibility index (Phi) is 7.39. The quantitative estimate of drug-likeness (QED) is 0.112. The molecule has 4 atom stereocenters. The fourth-order valence-electron chi connectivity index (χ4n) is 12.5. The summed E-state index contributed by atoms with van der Waals surface area (Å²) in [6.07, 6.45) is 14.3. The lowest BCUT2D eigenvalue weighted by molar-refractivity contribution is -0.179. The lowest BCUT2D eigenvalue weighted by atomic mass is 9.38. The van der Waals surface area contributed by atoms with Crippen molar-refractivity contribution in [1.82, 2.24) is 19.9 Å². The number of hydrogen-bond donors (Lipinski definition) is 0. The number of carbonyl (C=O) groups is 1. The standard InChI is InChI=1S/C43H42F3N5O4/c1-2-30-33(45)6-5-24-13-29(55-39(52)41-17-26-14-25-15-27(18-41)43(25,26)22-41)16-31(34(24)30)36-35(46)37-32(20-47-36)38(50-8-4-11-53-12-10-50)49-40(48-37)54-23-42-7-3-9-51(42)21-28(44)19-42/h1,5-6,13,16,20,25-28H,3-4,7-12,14-15,17-19,21-23H2/t25?,26?,27?,28-,41?,42+,43?/m1/s1. The molecule has 0 radical (unpaired) electrons. The Morgan fingerprint density at radius 2 is 1.89 bits per heavy atom. The fraction of sp³-hybridized carbons (Fsp3) is 0.535. The molecule has 2 unspecified atom stereocenters. The van der Waals surface area contributed by atoms with Crippen molar-refractivity contribution in [2.75, 3.05) is 50.9 Å². The van der Waals surface area contributed by atoms with Gasteiger partial charge in [0, 0.05) is 49.8 Å². The molecule has 55 heavy (non-hydrogen) atoms. The zero-order valence-electron chi connectivity index (χ0n) is 30.6. The monoisotopic (exact) mass is 749 g/mol. The minimum Gasteiger partial charge on any atom is -0.461 e. The molecule has 9 nitrogen and oxygen atoms in total. The van der Waals surface area contributed by atoms with E-state index in [2.05, 4.69) is 20.8 Å². The average Bonchev–Trinajstić information content (AvgIpc) is 3.81.